The molecule has 0 unspecified atom stereocenters. The summed E-state index contributed by atoms with van der Waals surface area (Å²) >= 11 is 0. The monoisotopic (exact) mass is 171 g/mol. The van der Waals surface area contributed by atoms with Crippen molar-refractivity contribution in [3.8, 4) is 0 Å². The minimum atomic E-state index is 0.675. The van der Waals surface area contributed by atoms with Gasteiger partial charge in [-0.1, -0.05) is 6.07 Å². The molecule has 2 aromatic rings. The molecule has 0 saturated carbocycles. The van der Waals surface area contributed by atoms with Crippen molar-refractivity contribution in [2.45, 2.75) is 6.92 Å². The first-order valence-corrected chi connectivity index (χ1v) is 4.05. The number of fused-ring (bicyclic) bond motifs is 1. The fraction of sp³-hybridized carbons (Fsp3) is 0.100. The van der Waals surface area contributed by atoms with Gasteiger partial charge >= 0.3 is 0 Å². The quantitative estimate of drug-likeness (QED) is 0.658. The number of hydrogen-bond donors (Lipinski definition) is 1. The molecule has 1 aromatic carbocycles. The van der Waals surface area contributed by atoms with Crippen molar-refractivity contribution in [2.75, 3.05) is 0 Å². The van der Waals surface area contributed by atoms with E-state index in [-0.39, 0.29) is 0 Å². The summed E-state index contributed by atoms with van der Waals surface area (Å²) < 4.78 is 0. The third-order valence-corrected chi connectivity index (χ3v) is 2.07. The minimum absolute atomic E-state index is 0.675. The Labute approximate surface area is 75.9 Å². The summed E-state index contributed by atoms with van der Waals surface area (Å²) in [5.74, 6) is 0. The summed E-state index contributed by atoms with van der Waals surface area (Å²) in [5, 5.41) is 4.39. The fourth-order valence-electron chi connectivity index (χ4n) is 1.40. The molecule has 0 spiro atoms. The Balaban J connectivity index is 2.92. The molecule has 0 atom stereocenters. The summed E-state index contributed by atoms with van der Waals surface area (Å²) in [4.78, 5) is 4.25. The number of aromatic nitrogens is 1. The average molecular weight is 171 g/mol. The van der Waals surface area contributed by atoms with E-state index in [1.165, 1.54) is 0 Å². The molecule has 0 fully saturated rings. The molecule has 0 amide bonds. The zero-order chi connectivity index (χ0) is 9.26. The lowest BCUT2D eigenvalue weighted by Crippen LogP contribution is -1.81. The first-order valence-electron chi connectivity index (χ1n) is 4.05. The Bertz CT molecular complexity index is 463. The minimum Gasteiger partial charge on any atom is -0.256 e. The highest BCUT2D eigenvalue weighted by molar-refractivity contribution is 5.91. The molecule has 3 heteroatoms. The SMILES string of the molecule is Cc1ccc(N=N)c2cccnc12. The number of hydrogen-bond acceptors (Lipinski definition) is 3. The van der Waals surface area contributed by atoms with E-state index in [4.69, 9.17) is 5.53 Å². The van der Waals surface area contributed by atoms with Crippen molar-refractivity contribution in [1.82, 2.24) is 4.98 Å². The number of nitrogens with zero attached hydrogens (tertiary/aromatic N) is 2. The van der Waals surface area contributed by atoms with E-state index in [9.17, 15) is 0 Å². The van der Waals surface area contributed by atoms with Gasteiger partial charge in [-0.05, 0) is 30.7 Å². The maximum Gasteiger partial charge on any atom is 0.0944 e. The number of nitrogens with one attached hydrogen (secondary N) is 1. The summed E-state index contributed by atoms with van der Waals surface area (Å²) in [6, 6.07) is 7.56. The second-order valence-electron chi connectivity index (χ2n) is 2.91. The molecule has 0 aliphatic heterocycles. The Morgan fingerprint density at radius 1 is 1.31 bits per heavy atom. The predicted octanol–water partition coefficient (Wildman–Crippen LogP) is 3.21. The molecular weight excluding hydrogens is 162 g/mol. The van der Waals surface area contributed by atoms with Crippen LogP contribution in [0.5, 0.6) is 0 Å². The summed E-state index contributed by atoms with van der Waals surface area (Å²) in [6.45, 7) is 2.00. The third kappa shape index (κ3) is 1.18. The van der Waals surface area contributed by atoms with Gasteiger partial charge in [0, 0.05) is 11.6 Å². The van der Waals surface area contributed by atoms with Crippen molar-refractivity contribution >= 4 is 16.6 Å². The van der Waals surface area contributed by atoms with Crippen LogP contribution in [0.3, 0.4) is 0 Å². The fourth-order valence-corrected chi connectivity index (χ4v) is 1.40. The van der Waals surface area contributed by atoms with E-state index in [0.29, 0.717) is 5.69 Å². The van der Waals surface area contributed by atoms with Crippen LogP contribution in [0.1, 0.15) is 5.56 Å². The largest absolute Gasteiger partial charge is 0.256 e. The molecule has 0 saturated heterocycles. The summed E-state index contributed by atoms with van der Waals surface area (Å²) in [6.07, 6.45) is 1.75. The standard InChI is InChI=1S/C10H9N3/c1-7-4-5-9(13-11)8-3-2-6-12-10(7)8/h2-6,11H,1H3. The van der Waals surface area contributed by atoms with Crippen molar-refractivity contribution in [3.63, 3.8) is 0 Å². The maximum absolute atomic E-state index is 6.99. The van der Waals surface area contributed by atoms with Gasteiger partial charge < -0.3 is 0 Å². The van der Waals surface area contributed by atoms with Crippen LogP contribution < -0.4 is 0 Å². The Kier molecular flexibility index (Phi) is 1.77. The molecule has 0 bridgehead atoms. The lowest BCUT2D eigenvalue weighted by Gasteiger charge is -2.01. The third-order valence-electron chi connectivity index (χ3n) is 2.07. The second-order valence-corrected chi connectivity index (χ2v) is 2.91. The van der Waals surface area contributed by atoms with Crippen LogP contribution in [0.4, 0.5) is 5.69 Å². The van der Waals surface area contributed by atoms with Crippen LogP contribution in [0.25, 0.3) is 10.9 Å². The lowest BCUT2D eigenvalue weighted by molar-refractivity contribution is 1.15. The number of rotatable bonds is 1. The molecule has 0 aliphatic carbocycles. The normalized spacial score (nSPS) is 10.2. The van der Waals surface area contributed by atoms with Gasteiger partial charge in [-0.25, -0.2) is 5.53 Å². The van der Waals surface area contributed by atoms with Gasteiger partial charge in [-0.3, -0.25) is 4.98 Å². The van der Waals surface area contributed by atoms with E-state index < -0.39 is 0 Å². The maximum atomic E-state index is 6.99. The van der Waals surface area contributed by atoms with E-state index >= 15 is 0 Å². The molecule has 13 heavy (non-hydrogen) atoms. The molecule has 2 rings (SSSR count). The highest BCUT2D eigenvalue weighted by Crippen LogP contribution is 2.26. The lowest BCUT2D eigenvalue weighted by atomic mass is 10.1. The zero-order valence-electron chi connectivity index (χ0n) is 7.28. The molecule has 0 aliphatic rings. The van der Waals surface area contributed by atoms with Crippen molar-refractivity contribution in [2.24, 2.45) is 5.11 Å². The molecule has 0 radical (unpaired) electrons. The Hall–Kier alpha value is -1.77. The predicted molar refractivity (Wildman–Crippen MR) is 51.3 cm³/mol. The summed E-state index contributed by atoms with van der Waals surface area (Å²) in [5.41, 5.74) is 9.71. The van der Waals surface area contributed by atoms with Gasteiger partial charge in [0.25, 0.3) is 0 Å². The molecule has 64 valence electrons. The molecule has 1 heterocycles. The molecule has 1 aromatic heterocycles. The van der Waals surface area contributed by atoms with Gasteiger partial charge in [0.05, 0.1) is 11.2 Å². The van der Waals surface area contributed by atoms with Gasteiger partial charge in [0.2, 0.25) is 0 Å². The van der Waals surface area contributed by atoms with Crippen LogP contribution in [-0.4, -0.2) is 4.98 Å². The van der Waals surface area contributed by atoms with Crippen LogP contribution in [-0.2, 0) is 0 Å². The van der Waals surface area contributed by atoms with E-state index in [1.807, 2.05) is 31.2 Å². The Morgan fingerprint density at radius 2 is 2.15 bits per heavy atom. The average Bonchev–Trinajstić information content (AvgIpc) is 2.19. The van der Waals surface area contributed by atoms with Crippen LogP contribution in [0, 0.1) is 12.5 Å². The molecular formula is C10H9N3. The van der Waals surface area contributed by atoms with E-state index in [0.717, 1.165) is 16.5 Å². The van der Waals surface area contributed by atoms with E-state index in [1.54, 1.807) is 6.20 Å². The van der Waals surface area contributed by atoms with Gasteiger partial charge in [-0.15, -0.1) is 0 Å². The first kappa shape index (κ1) is 7.86. The Morgan fingerprint density at radius 3 is 2.92 bits per heavy atom. The molecule has 1 N–H and O–H groups in total. The number of benzene rings is 1. The van der Waals surface area contributed by atoms with Gasteiger partial charge in [-0.2, -0.15) is 5.11 Å². The number of pyridine rings is 1. The second kappa shape index (κ2) is 2.94. The van der Waals surface area contributed by atoms with Crippen LogP contribution in [0.2, 0.25) is 0 Å². The van der Waals surface area contributed by atoms with Gasteiger partial charge in [0.1, 0.15) is 0 Å². The van der Waals surface area contributed by atoms with Crippen molar-refractivity contribution in [1.29, 1.82) is 5.53 Å². The van der Waals surface area contributed by atoms with Crippen LogP contribution in [0.15, 0.2) is 35.6 Å². The molecule has 3 nitrogen and oxygen atoms in total. The highest BCUT2D eigenvalue weighted by Gasteiger charge is 2.01. The number of aryl methyl sites for hydroxylation is 1. The highest BCUT2D eigenvalue weighted by atomic mass is 15.0. The topological polar surface area (TPSA) is 49.1 Å². The van der Waals surface area contributed by atoms with Gasteiger partial charge in [0.15, 0.2) is 0 Å². The smallest absolute Gasteiger partial charge is 0.0944 e. The van der Waals surface area contributed by atoms with Crippen LogP contribution >= 0.6 is 0 Å². The summed E-state index contributed by atoms with van der Waals surface area (Å²) in [7, 11) is 0. The first-order chi connectivity index (χ1) is 6.33. The van der Waals surface area contributed by atoms with Crippen molar-refractivity contribution < 1.29 is 0 Å². The van der Waals surface area contributed by atoms with E-state index in [2.05, 4.69) is 10.1 Å². The van der Waals surface area contributed by atoms with Crippen molar-refractivity contribution in [3.05, 3.63) is 36.0 Å². The zero-order valence-corrected chi connectivity index (χ0v) is 7.28.